The molecule has 1 saturated carbocycles. The minimum absolute atomic E-state index is 0.287. The van der Waals surface area contributed by atoms with E-state index in [1.54, 1.807) is 24.4 Å². The lowest BCUT2D eigenvalue weighted by Crippen LogP contribution is -2.07. The number of rotatable bonds is 4. The van der Waals surface area contributed by atoms with Crippen LogP contribution in [0.25, 0.3) is 11.3 Å². The molecule has 0 aliphatic heterocycles. The van der Waals surface area contributed by atoms with Crippen LogP contribution in [0.4, 0.5) is 0 Å². The Bertz CT molecular complexity index is 740. The molecule has 1 atom stereocenters. The van der Waals surface area contributed by atoms with Crippen LogP contribution in [0.3, 0.4) is 0 Å². The summed E-state index contributed by atoms with van der Waals surface area (Å²) in [7, 11) is 0. The van der Waals surface area contributed by atoms with Gasteiger partial charge < -0.3 is 0 Å². The Morgan fingerprint density at radius 2 is 2.29 bits per heavy atom. The topological polar surface area (TPSA) is 58.7 Å². The summed E-state index contributed by atoms with van der Waals surface area (Å²) in [6, 6.07) is 7.34. The minimum Gasteiger partial charge on any atom is -0.298 e. The molecule has 4 nitrogen and oxygen atoms in total. The molecule has 1 aromatic carbocycles. The summed E-state index contributed by atoms with van der Waals surface area (Å²) < 4.78 is 1.85. The largest absolute Gasteiger partial charge is 0.298 e. The standard InChI is InChI=1S/C16H14ClN3O/c1-10(12-3-4-12)20-8-13(9-21)16(19-20)14-5-2-11(7-18)6-15(14)17/h2,5-6,8-10,12H,3-4H2,1H3. The predicted molar refractivity (Wildman–Crippen MR) is 80.2 cm³/mol. The smallest absolute Gasteiger partial charge is 0.153 e. The summed E-state index contributed by atoms with van der Waals surface area (Å²) >= 11 is 6.22. The zero-order valence-electron chi connectivity index (χ0n) is 11.6. The third-order valence-electron chi connectivity index (χ3n) is 3.96. The number of nitriles is 1. The molecule has 3 rings (SSSR count). The van der Waals surface area contributed by atoms with Crippen LogP contribution in [0.2, 0.25) is 5.02 Å². The van der Waals surface area contributed by atoms with Gasteiger partial charge in [0.2, 0.25) is 0 Å². The van der Waals surface area contributed by atoms with Gasteiger partial charge in [-0.15, -0.1) is 0 Å². The van der Waals surface area contributed by atoms with Gasteiger partial charge in [-0.1, -0.05) is 11.6 Å². The van der Waals surface area contributed by atoms with E-state index < -0.39 is 0 Å². The number of hydrogen-bond acceptors (Lipinski definition) is 3. The fourth-order valence-corrected chi connectivity index (χ4v) is 2.75. The van der Waals surface area contributed by atoms with E-state index in [0.29, 0.717) is 33.3 Å². The quantitative estimate of drug-likeness (QED) is 0.805. The number of nitrogens with zero attached hydrogens (tertiary/aromatic N) is 3. The van der Waals surface area contributed by atoms with E-state index in [4.69, 9.17) is 16.9 Å². The summed E-state index contributed by atoms with van der Waals surface area (Å²) in [5, 5.41) is 13.9. The summed E-state index contributed by atoms with van der Waals surface area (Å²) in [6.07, 6.45) is 5.00. The Kier molecular flexibility index (Phi) is 3.52. The number of aldehydes is 1. The fraction of sp³-hybridized carbons (Fsp3) is 0.312. The second kappa shape index (κ2) is 5.34. The van der Waals surface area contributed by atoms with Gasteiger partial charge in [0, 0.05) is 11.8 Å². The van der Waals surface area contributed by atoms with Crippen molar-refractivity contribution in [1.82, 2.24) is 9.78 Å². The predicted octanol–water partition coefficient (Wildman–Crippen LogP) is 3.86. The van der Waals surface area contributed by atoms with E-state index in [0.717, 1.165) is 6.29 Å². The third kappa shape index (κ3) is 2.57. The highest BCUT2D eigenvalue weighted by Gasteiger charge is 2.30. The lowest BCUT2D eigenvalue weighted by molar-refractivity contribution is 0.112. The van der Waals surface area contributed by atoms with E-state index in [1.165, 1.54) is 12.8 Å². The van der Waals surface area contributed by atoms with Gasteiger partial charge in [0.25, 0.3) is 0 Å². The molecule has 1 aromatic heterocycles. The zero-order valence-corrected chi connectivity index (χ0v) is 12.3. The Balaban J connectivity index is 2.05. The average molecular weight is 300 g/mol. The third-order valence-corrected chi connectivity index (χ3v) is 4.27. The van der Waals surface area contributed by atoms with Crippen LogP contribution in [-0.2, 0) is 0 Å². The monoisotopic (exact) mass is 299 g/mol. The van der Waals surface area contributed by atoms with Crippen LogP contribution < -0.4 is 0 Å². The lowest BCUT2D eigenvalue weighted by Gasteiger charge is -2.10. The SMILES string of the molecule is CC(C1CC1)n1cc(C=O)c(-c2ccc(C#N)cc2Cl)n1. The Morgan fingerprint density at radius 3 is 2.86 bits per heavy atom. The molecule has 106 valence electrons. The first-order chi connectivity index (χ1) is 10.1. The average Bonchev–Trinajstić information content (AvgIpc) is 3.25. The van der Waals surface area contributed by atoms with Crippen molar-refractivity contribution in [3.8, 4) is 17.3 Å². The van der Waals surface area contributed by atoms with Gasteiger partial charge in [-0.25, -0.2) is 0 Å². The highest BCUT2D eigenvalue weighted by molar-refractivity contribution is 6.33. The summed E-state index contributed by atoms with van der Waals surface area (Å²) in [4.78, 5) is 11.3. The van der Waals surface area contributed by atoms with Crippen molar-refractivity contribution in [3.05, 3.63) is 40.5 Å². The Morgan fingerprint density at radius 1 is 1.52 bits per heavy atom. The summed E-state index contributed by atoms with van der Waals surface area (Å²) in [5.74, 6) is 0.647. The fourth-order valence-electron chi connectivity index (χ4n) is 2.48. The zero-order chi connectivity index (χ0) is 15.0. The highest BCUT2D eigenvalue weighted by atomic mass is 35.5. The van der Waals surface area contributed by atoms with Crippen LogP contribution >= 0.6 is 11.6 Å². The first kappa shape index (κ1) is 13.8. The molecule has 1 aliphatic rings. The van der Waals surface area contributed by atoms with Gasteiger partial charge >= 0.3 is 0 Å². The normalized spacial score (nSPS) is 15.5. The van der Waals surface area contributed by atoms with E-state index in [1.807, 2.05) is 10.8 Å². The van der Waals surface area contributed by atoms with E-state index in [-0.39, 0.29) is 6.04 Å². The van der Waals surface area contributed by atoms with Crippen LogP contribution in [0, 0.1) is 17.2 Å². The maximum atomic E-state index is 11.3. The first-order valence-corrected chi connectivity index (χ1v) is 7.26. The van der Waals surface area contributed by atoms with Gasteiger partial charge in [0.1, 0.15) is 5.69 Å². The molecule has 21 heavy (non-hydrogen) atoms. The van der Waals surface area contributed by atoms with Crippen LogP contribution in [0.15, 0.2) is 24.4 Å². The number of carbonyl (C=O) groups excluding carboxylic acids is 1. The van der Waals surface area contributed by atoms with Crippen molar-refractivity contribution >= 4 is 17.9 Å². The maximum absolute atomic E-state index is 11.3. The maximum Gasteiger partial charge on any atom is 0.153 e. The van der Waals surface area contributed by atoms with Crippen molar-refractivity contribution in [2.75, 3.05) is 0 Å². The molecule has 1 heterocycles. The number of aromatic nitrogens is 2. The molecule has 1 unspecified atom stereocenters. The number of carbonyl (C=O) groups is 1. The van der Waals surface area contributed by atoms with Crippen molar-refractivity contribution in [1.29, 1.82) is 5.26 Å². The van der Waals surface area contributed by atoms with Crippen molar-refractivity contribution in [3.63, 3.8) is 0 Å². The van der Waals surface area contributed by atoms with Gasteiger partial charge in [0.05, 0.1) is 28.3 Å². The van der Waals surface area contributed by atoms with Gasteiger partial charge in [-0.2, -0.15) is 10.4 Å². The molecule has 0 N–H and O–H groups in total. The van der Waals surface area contributed by atoms with Crippen molar-refractivity contribution < 1.29 is 4.79 Å². The Hall–Kier alpha value is -2.12. The minimum atomic E-state index is 0.287. The second-order valence-corrected chi connectivity index (χ2v) is 5.82. The van der Waals surface area contributed by atoms with E-state index in [9.17, 15) is 4.79 Å². The molecular weight excluding hydrogens is 286 g/mol. The number of halogens is 1. The molecule has 1 fully saturated rings. The van der Waals surface area contributed by atoms with Gasteiger partial charge in [0.15, 0.2) is 6.29 Å². The first-order valence-electron chi connectivity index (χ1n) is 6.88. The van der Waals surface area contributed by atoms with Crippen LogP contribution in [0.5, 0.6) is 0 Å². The Labute approximate surface area is 128 Å². The van der Waals surface area contributed by atoms with E-state index >= 15 is 0 Å². The van der Waals surface area contributed by atoms with Crippen LogP contribution in [-0.4, -0.2) is 16.1 Å². The van der Waals surface area contributed by atoms with Crippen molar-refractivity contribution in [2.45, 2.75) is 25.8 Å². The molecule has 2 aromatic rings. The molecule has 5 heteroatoms. The lowest BCUT2D eigenvalue weighted by atomic mass is 10.1. The number of hydrogen-bond donors (Lipinski definition) is 0. The van der Waals surface area contributed by atoms with Gasteiger partial charge in [-0.05, 0) is 43.9 Å². The second-order valence-electron chi connectivity index (χ2n) is 5.42. The molecule has 0 radical (unpaired) electrons. The highest BCUT2D eigenvalue weighted by Crippen LogP contribution is 2.40. The molecular formula is C16H14ClN3O. The molecule has 0 saturated heterocycles. The van der Waals surface area contributed by atoms with Gasteiger partial charge in [-0.3, -0.25) is 9.48 Å². The van der Waals surface area contributed by atoms with Crippen LogP contribution in [0.1, 0.15) is 41.7 Å². The molecule has 0 amide bonds. The molecule has 1 aliphatic carbocycles. The molecule has 0 bridgehead atoms. The summed E-state index contributed by atoms with van der Waals surface area (Å²) in [5.41, 5.74) is 2.27. The summed E-state index contributed by atoms with van der Waals surface area (Å²) in [6.45, 7) is 2.11. The van der Waals surface area contributed by atoms with Crippen molar-refractivity contribution in [2.24, 2.45) is 5.92 Å². The van der Waals surface area contributed by atoms with E-state index in [2.05, 4.69) is 12.0 Å². The number of benzene rings is 1. The molecule has 0 spiro atoms.